The topological polar surface area (TPSA) is 25.2 Å². The second-order valence-electron chi connectivity index (χ2n) is 7.44. The van der Waals surface area contributed by atoms with E-state index in [2.05, 4.69) is 54.9 Å². The van der Waals surface area contributed by atoms with Gasteiger partial charge in [-0.05, 0) is 42.2 Å². The molecule has 0 N–H and O–H groups in total. The predicted molar refractivity (Wildman–Crippen MR) is 120 cm³/mol. The minimum atomic E-state index is -0.659. The van der Waals surface area contributed by atoms with Gasteiger partial charge in [-0.1, -0.05) is 67.9 Å². The number of halogens is 1. The molecule has 0 aliphatic heterocycles. The molecule has 0 aliphatic carbocycles. The van der Waals surface area contributed by atoms with Crippen molar-refractivity contribution in [2.45, 2.75) is 45.2 Å². The minimum absolute atomic E-state index is 0.0324. The summed E-state index contributed by atoms with van der Waals surface area (Å²) in [5, 5.41) is -0.659. The van der Waals surface area contributed by atoms with Crippen LogP contribution in [0.5, 0.6) is 0 Å². The molecule has 0 radical (unpaired) electrons. The van der Waals surface area contributed by atoms with Crippen LogP contribution in [0.25, 0.3) is 0 Å². The van der Waals surface area contributed by atoms with E-state index in [0.29, 0.717) is 13.1 Å². The van der Waals surface area contributed by atoms with E-state index in [1.54, 1.807) is 0 Å². The molecule has 0 saturated carbocycles. The van der Waals surface area contributed by atoms with Crippen LogP contribution in [0.15, 0.2) is 72.9 Å². The van der Waals surface area contributed by atoms with E-state index >= 15 is 0 Å². The molecule has 1 unspecified atom stereocenters. The van der Waals surface area contributed by atoms with E-state index in [4.69, 9.17) is 11.6 Å². The number of aromatic nitrogens is 1. The molecule has 3 nitrogen and oxygen atoms in total. The van der Waals surface area contributed by atoms with E-state index in [0.717, 1.165) is 30.6 Å². The maximum Gasteiger partial charge on any atom is 0.245 e. The Bertz CT molecular complexity index is 919. The molecule has 2 aromatic carbocycles. The Morgan fingerprint density at radius 3 is 2.48 bits per heavy atom. The molecule has 4 heteroatoms. The summed E-state index contributed by atoms with van der Waals surface area (Å²) in [6, 6.07) is 22.2. The van der Waals surface area contributed by atoms with Crippen molar-refractivity contribution in [3.8, 4) is 0 Å². The maximum atomic E-state index is 13.2. The van der Waals surface area contributed by atoms with Crippen molar-refractivity contribution in [1.29, 1.82) is 0 Å². The van der Waals surface area contributed by atoms with Gasteiger partial charge >= 0.3 is 0 Å². The molecule has 0 fully saturated rings. The molecule has 1 aromatic heterocycles. The van der Waals surface area contributed by atoms with Crippen LogP contribution in [-0.4, -0.2) is 21.9 Å². The molecule has 0 aliphatic rings. The lowest BCUT2D eigenvalue weighted by Gasteiger charge is -2.26. The molecule has 0 saturated heterocycles. The smallest absolute Gasteiger partial charge is 0.245 e. The molecule has 1 atom stereocenters. The third-order valence-corrected chi connectivity index (χ3v) is 5.72. The zero-order valence-corrected chi connectivity index (χ0v) is 18.0. The lowest BCUT2D eigenvalue weighted by Crippen LogP contribution is -2.34. The third-order valence-electron chi connectivity index (χ3n) is 5.28. The average Bonchev–Trinajstić information content (AvgIpc) is 3.19. The number of alkyl halides is 1. The molecular formula is C25H29ClN2O. The van der Waals surface area contributed by atoms with Crippen molar-refractivity contribution in [1.82, 2.24) is 9.47 Å². The Morgan fingerprint density at radius 2 is 1.76 bits per heavy atom. The number of benzene rings is 2. The summed E-state index contributed by atoms with van der Waals surface area (Å²) in [7, 11) is 0. The number of carbonyl (C=O) groups excluding carboxylic acids is 1. The summed E-state index contributed by atoms with van der Waals surface area (Å²) < 4.78 is 2.22. The molecule has 29 heavy (non-hydrogen) atoms. The fraction of sp³-hybridized carbons (Fsp3) is 0.320. The van der Waals surface area contributed by atoms with E-state index in [9.17, 15) is 4.79 Å². The van der Waals surface area contributed by atoms with Crippen molar-refractivity contribution >= 4 is 17.5 Å². The van der Waals surface area contributed by atoms with Gasteiger partial charge in [-0.2, -0.15) is 0 Å². The number of nitrogens with zero attached hydrogens (tertiary/aromatic N) is 2. The summed E-state index contributed by atoms with van der Waals surface area (Å²) in [6.07, 6.45) is 4.08. The first kappa shape index (κ1) is 21.2. The maximum absolute atomic E-state index is 13.2. The standard InChI is InChI=1S/C25H29ClN2O/c1-3-4-16-28(25(29)24(26)21-12-6-5-7-13-21)19-23-15-10-17-27(23)18-22-14-9-8-11-20(22)2/h5-15,17,24H,3-4,16,18-19H2,1-2H3. The van der Waals surface area contributed by atoms with Crippen molar-refractivity contribution in [2.75, 3.05) is 6.54 Å². The number of rotatable bonds is 9. The molecule has 1 heterocycles. The first-order valence-electron chi connectivity index (χ1n) is 10.3. The number of aryl methyl sites for hydroxylation is 1. The quantitative estimate of drug-likeness (QED) is 0.401. The van der Waals surface area contributed by atoms with Crippen LogP contribution >= 0.6 is 11.6 Å². The zero-order chi connectivity index (χ0) is 20.6. The second kappa shape index (κ2) is 10.3. The largest absolute Gasteiger partial charge is 0.345 e. The Hall–Kier alpha value is -2.52. The van der Waals surface area contributed by atoms with E-state index in [1.165, 1.54) is 11.1 Å². The number of amides is 1. The van der Waals surface area contributed by atoms with Crippen LogP contribution in [-0.2, 0) is 17.9 Å². The molecule has 152 valence electrons. The van der Waals surface area contributed by atoms with Gasteiger partial charge in [-0.3, -0.25) is 4.79 Å². The van der Waals surface area contributed by atoms with Gasteiger partial charge in [0.15, 0.2) is 0 Å². The van der Waals surface area contributed by atoms with E-state index in [-0.39, 0.29) is 5.91 Å². The molecule has 1 amide bonds. The molecule has 3 rings (SSSR count). The Morgan fingerprint density at radius 1 is 1.03 bits per heavy atom. The Kier molecular flexibility index (Phi) is 7.54. The van der Waals surface area contributed by atoms with Gasteiger partial charge in [0.2, 0.25) is 5.91 Å². The lowest BCUT2D eigenvalue weighted by molar-refractivity contribution is -0.131. The predicted octanol–water partition coefficient (Wildman–Crippen LogP) is 5.95. The third kappa shape index (κ3) is 5.51. The Balaban J connectivity index is 1.78. The molecule has 0 bridgehead atoms. The molecular weight excluding hydrogens is 380 g/mol. The highest BCUT2D eigenvalue weighted by Crippen LogP contribution is 2.24. The summed E-state index contributed by atoms with van der Waals surface area (Å²) >= 11 is 6.56. The second-order valence-corrected chi connectivity index (χ2v) is 7.88. The summed E-state index contributed by atoms with van der Waals surface area (Å²) in [6.45, 7) is 6.34. The van der Waals surface area contributed by atoms with Gasteiger partial charge in [-0.15, -0.1) is 11.6 Å². The SMILES string of the molecule is CCCCN(Cc1cccn1Cc1ccccc1C)C(=O)C(Cl)c1ccccc1. The van der Waals surface area contributed by atoms with Gasteiger partial charge in [0, 0.05) is 25.0 Å². The molecule has 3 aromatic rings. The highest BCUT2D eigenvalue weighted by molar-refractivity contribution is 6.30. The molecule has 0 spiro atoms. The number of hydrogen-bond acceptors (Lipinski definition) is 1. The van der Waals surface area contributed by atoms with Crippen molar-refractivity contribution in [3.63, 3.8) is 0 Å². The van der Waals surface area contributed by atoms with Gasteiger partial charge in [0.05, 0.1) is 6.54 Å². The van der Waals surface area contributed by atoms with Gasteiger partial charge in [0.1, 0.15) is 5.38 Å². The van der Waals surface area contributed by atoms with Gasteiger partial charge in [-0.25, -0.2) is 0 Å². The average molecular weight is 409 g/mol. The lowest BCUT2D eigenvalue weighted by atomic mass is 10.1. The van der Waals surface area contributed by atoms with Crippen LogP contribution in [0, 0.1) is 6.92 Å². The van der Waals surface area contributed by atoms with Gasteiger partial charge in [0.25, 0.3) is 0 Å². The number of carbonyl (C=O) groups is 1. The van der Waals surface area contributed by atoms with E-state index in [1.807, 2.05) is 41.3 Å². The summed E-state index contributed by atoms with van der Waals surface area (Å²) in [5.74, 6) is -0.0324. The Labute approximate surface area is 178 Å². The number of unbranched alkanes of at least 4 members (excludes halogenated alkanes) is 1. The van der Waals surface area contributed by atoms with Crippen molar-refractivity contribution in [2.24, 2.45) is 0 Å². The summed E-state index contributed by atoms with van der Waals surface area (Å²) in [4.78, 5) is 15.1. The van der Waals surface area contributed by atoms with Crippen LogP contribution in [0.1, 0.15) is 47.5 Å². The van der Waals surface area contributed by atoms with Crippen LogP contribution in [0.4, 0.5) is 0 Å². The fourth-order valence-corrected chi connectivity index (χ4v) is 3.74. The highest BCUT2D eigenvalue weighted by Gasteiger charge is 2.24. The normalized spacial score (nSPS) is 12.0. The minimum Gasteiger partial charge on any atom is -0.345 e. The number of hydrogen-bond donors (Lipinski definition) is 0. The monoisotopic (exact) mass is 408 g/mol. The van der Waals surface area contributed by atoms with Crippen LogP contribution < -0.4 is 0 Å². The highest BCUT2D eigenvalue weighted by atomic mass is 35.5. The summed E-state index contributed by atoms with van der Waals surface area (Å²) in [5.41, 5.74) is 4.53. The van der Waals surface area contributed by atoms with E-state index < -0.39 is 5.38 Å². The van der Waals surface area contributed by atoms with Gasteiger partial charge < -0.3 is 9.47 Å². The zero-order valence-electron chi connectivity index (χ0n) is 17.2. The first-order chi connectivity index (χ1) is 14.1. The van der Waals surface area contributed by atoms with Crippen molar-refractivity contribution in [3.05, 3.63) is 95.3 Å². The first-order valence-corrected chi connectivity index (χ1v) is 10.7. The van der Waals surface area contributed by atoms with Crippen molar-refractivity contribution < 1.29 is 4.79 Å². The van der Waals surface area contributed by atoms with Crippen LogP contribution in [0.3, 0.4) is 0 Å². The fourth-order valence-electron chi connectivity index (χ4n) is 3.45. The van der Waals surface area contributed by atoms with Crippen LogP contribution in [0.2, 0.25) is 0 Å².